The van der Waals surface area contributed by atoms with Gasteiger partial charge in [-0.05, 0) is 31.9 Å². The maximum Gasteiger partial charge on any atom is 0.357 e. The van der Waals surface area contributed by atoms with Gasteiger partial charge in [-0.1, -0.05) is 17.7 Å². The Balaban J connectivity index is 3.13. The van der Waals surface area contributed by atoms with Crippen molar-refractivity contribution in [3.8, 4) is 5.75 Å². The van der Waals surface area contributed by atoms with E-state index < -0.39 is 11.4 Å². The quantitative estimate of drug-likeness (QED) is 0.744. The van der Waals surface area contributed by atoms with Gasteiger partial charge >= 0.3 is 11.4 Å². The Hall–Kier alpha value is -0.870. The van der Waals surface area contributed by atoms with Crippen LogP contribution in [0.15, 0.2) is 12.1 Å². The molecular formula is C9H12O3S. The number of benzene rings is 1. The van der Waals surface area contributed by atoms with Gasteiger partial charge < -0.3 is 4.18 Å². The Morgan fingerprint density at radius 3 is 2.08 bits per heavy atom. The van der Waals surface area contributed by atoms with Crippen LogP contribution in [-0.2, 0) is 11.4 Å². The fraction of sp³-hybridized carbons (Fsp3) is 0.333. The zero-order valence-electron chi connectivity index (χ0n) is 7.83. The van der Waals surface area contributed by atoms with E-state index in [1.165, 1.54) is 0 Å². The molecule has 13 heavy (non-hydrogen) atoms. The third kappa shape index (κ3) is 2.54. The van der Waals surface area contributed by atoms with Crippen molar-refractivity contribution in [3.63, 3.8) is 0 Å². The summed E-state index contributed by atoms with van der Waals surface area (Å²) in [5.41, 5.74) is 2.87. The normalized spacial score (nSPS) is 12.6. The van der Waals surface area contributed by atoms with Crippen LogP contribution in [0.2, 0.25) is 0 Å². The zero-order valence-corrected chi connectivity index (χ0v) is 8.64. The summed E-state index contributed by atoms with van der Waals surface area (Å²) < 4.78 is 23.8. The summed E-state index contributed by atoms with van der Waals surface area (Å²) in [6, 6.07) is 3.82. The topological polar surface area (TPSA) is 46.5 Å². The second-order valence-electron chi connectivity index (χ2n) is 3.03. The third-order valence-corrected chi connectivity index (χ3v) is 2.07. The average Bonchev–Trinajstić information content (AvgIpc) is 1.96. The van der Waals surface area contributed by atoms with Crippen LogP contribution in [-0.4, -0.2) is 8.76 Å². The number of aryl methyl sites for hydroxylation is 3. The number of rotatable bonds is 2. The lowest BCUT2D eigenvalue weighted by atomic mass is 10.1. The van der Waals surface area contributed by atoms with Crippen LogP contribution in [0.3, 0.4) is 0 Å². The van der Waals surface area contributed by atoms with Crippen LogP contribution in [0.5, 0.6) is 5.75 Å². The van der Waals surface area contributed by atoms with Gasteiger partial charge in [-0.25, -0.2) is 0 Å². The predicted octanol–water partition coefficient (Wildman–Crippen LogP) is 2.13. The van der Waals surface area contributed by atoms with Gasteiger partial charge in [0, 0.05) is 0 Å². The predicted molar refractivity (Wildman–Crippen MR) is 52.1 cm³/mol. The van der Waals surface area contributed by atoms with Crippen LogP contribution in [0.25, 0.3) is 0 Å². The zero-order chi connectivity index (χ0) is 10.0. The minimum absolute atomic E-state index is 0.492. The van der Waals surface area contributed by atoms with Gasteiger partial charge in [-0.15, -0.1) is 0 Å². The SMILES string of the molecule is Cc1cc(C)c(OS(=O)O)c(C)c1. The maximum atomic E-state index is 10.4. The van der Waals surface area contributed by atoms with Crippen molar-refractivity contribution in [2.45, 2.75) is 20.8 Å². The Morgan fingerprint density at radius 2 is 1.69 bits per heavy atom. The molecule has 1 aromatic rings. The van der Waals surface area contributed by atoms with E-state index in [1.807, 2.05) is 32.9 Å². The molecule has 0 heterocycles. The molecule has 0 aliphatic heterocycles. The van der Waals surface area contributed by atoms with E-state index in [0.29, 0.717) is 5.75 Å². The van der Waals surface area contributed by atoms with Crippen molar-refractivity contribution in [3.05, 3.63) is 28.8 Å². The smallest absolute Gasteiger partial charge is 0.357 e. The third-order valence-electron chi connectivity index (χ3n) is 1.76. The van der Waals surface area contributed by atoms with E-state index in [2.05, 4.69) is 0 Å². The van der Waals surface area contributed by atoms with Crippen LogP contribution in [0.1, 0.15) is 16.7 Å². The second-order valence-corrected chi connectivity index (χ2v) is 3.63. The molecule has 0 aliphatic carbocycles. The highest BCUT2D eigenvalue weighted by Gasteiger charge is 2.07. The molecule has 0 aromatic heterocycles. The van der Waals surface area contributed by atoms with Crippen molar-refractivity contribution < 1.29 is 12.9 Å². The van der Waals surface area contributed by atoms with Crippen molar-refractivity contribution in [1.29, 1.82) is 0 Å². The van der Waals surface area contributed by atoms with E-state index in [4.69, 9.17) is 8.74 Å². The van der Waals surface area contributed by atoms with Crippen molar-refractivity contribution in [1.82, 2.24) is 0 Å². The van der Waals surface area contributed by atoms with Crippen LogP contribution >= 0.6 is 0 Å². The molecule has 1 rings (SSSR count). The molecule has 0 radical (unpaired) electrons. The minimum atomic E-state index is -2.24. The fourth-order valence-corrected chi connectivity index (χ4v) is 1.77. The summed E-state index contributed by atoms with van der Waals surface area (Å²) >= 11 is -2.24. The van der Waals surface area contributed by atoms with Gasteiger partial charge in [0.1, 0.15) is 5.75 Å². The van der Waals surface area contributed by atoms with Crippen LogP contribution in [0, 0.1) is 20.8 Å². The van der Waals surface area contributed by atoms with E-state index in [9.17, 15) is 4.21 Å². The van der Waals surface area contributed by atoms with Crippen molar-refractivity contribution in [2.75, 3.05) is 0 Å². The van der Waals surface area contributed by atoms with Gasteiger partial charge in [0.2, 0.25) is 0 Å². The highest BCUT2D eigenvalue weighted by atomic mass is 32.2. The number of hydrogen-bond donors (Lipinski definition) is 1. The molecule has 0 aliphatic rings. The summed E-state index contributed by atoms with van der Waals surface area (Å²) in [7, 11) is 0. The lowest BCUT2D eigenvalue weighted by Crippen LogP contribution is -2.01. The molecule has 72 valence electrons. The number of hydrogen-bond acceptors (Lipinski definition) is 2. The summed E-state index contributed by atoms with van der Waals surface area (Å²) in [4.78, 5) is 0. The molecular weight excluding hydrogens is 188 g/mol. The first-order chi connectivity index (χ1) is 6.00. The molecule has 0 saturated carbocycles. The monoisotopic (exact) mass is 200 g/mol. The van der Waals surface area contributed by atoms with Gasteiger partial charge in [0.25, 0.3) is 0 Å². The Morgan fingerprint density at radius 1 is 1.23 bits per heavy atom. The van der Waals surface area contributed by atoms with Crippen LogP contribution in [0.4, 0.5) is 0 Å². The first-order valence-corrected chi connectivity index (χ1v) is 4.91. The minimum Gasteiger partial charge on any atom is -0.380 e. The molecule has 0 bridgehead atoms. The molecule has 0 amide bonds. The lowest BCUT2D eigenvalue weighted by molar-refractivity contribution is 0.454. The second kappa shape index (κ2) is 3.89. The van der Waals surface area contributed by atoms with E-state index >= 15 is 0 Å². The molecule has 0 fully saturated rings. The first kappa shape index (κ1) is 10.2. The van der Waals surface area contributed by atoms with Gasteiger partial charge in [0.15, 0.2) is 0 Å². The first-order valence-electron chi connectivity index (χ1n) is 3.87. The largest absolute Gasteiger partial charge is 0.380 e. The van der Waals surface area contributed by atoms with Crippen molar-refractivity contribution in [2.24, 2.45) is 0 Å². The summed E-state index contributed by atoms with van der Waals surface area (Å²) in [6.07, 6.45) is 0. The molecule has 0 saturated heterocycles. The lowest BCUT2D eigenvalue weighted by Gasteiger charge is -2.08. The molecule has 4 heteroatoms. The average molecular weight is 200 g/mol. The maximum absolute atomic E-state index is 10.4. The molecule has 0 spiro atoms. The fourth-order valence-electron chi connectivity index (χ4n) is 1.37. The van der Waals surface area contributed by atoms with Gasteiger partial charge in [-0.2, -0.15) is 4.21 Å². The Kier molecular flexibility index (Phi) is 3.06. The van der Waals surface area contributed by atoms with E-state index in [1.54, 1.807) is 0 Å². The summed E-state index contributed by atoms with van der Waals surface area (Å²) in [6.45, 7) is 5.67. The van der Waals surface area contributed by atoms with Crippen molar-refractivity contribution >= 4 is 11.4 Å². The van der Waals surface area contributed by atoms with Gasteiger partial charge in [-0.3, -0.25) is 4.55 Å². The molecule has 3 nitrogen and oxygen atoms in total. The highest BCUT2D eigenvalue weighted by molar-refractivity contribution is 7.74. The summed E-state index contributed by atoms with van der Waals surface area (Å²) in [5, 5.41) is 0. The molecule has 1 aromatic carbocycles. The molecule has 1 atom stereocenters. The summed E-state index contributed by atoms with van der Waals surface area (Å²) in [5.74, 6) is 0.492. The Labute approximate surface area is 80.2 Å². The molecule has 1 unspecified atom stereocenters. The van der Waals surface area contributed by atoms with Crippen LogP contribution < -0.4 is 4.18 Å². The highest BCUT2D eigenvalue weighted by Crippen LogP contribution is 2.24. The van der Waals surface area contributed by atoms with E-state index in [0.717, 1.165) is 16.7 Å². The Bertz CT molecular complexity index is 324. The van der Waals surface area contributed by atoms with Gasteiger partial charge in [0.05, 0.1) is 0 Å². The standard InChI is InChI=1S/C9H12O3S/c1-6-4-7(2)9(8(3)5-6)12-13(10)11/h4-5H,1-3H3,(H,10,11). The van der Waals surface area contributed by atoms with E-state index in [-0.39, 0.29) is 0 Å². The molecule has 1 N–H and O–H groups in total.